The van der Waals surface area contributed by atoms with Crippen molar-refractivity contribution in [2.45, 2.75) is 9.79 Å². The molecule has 2 rings (SSSR count). The van der Waals surface area contributed by atoms with Crippen LogP contribution >= 0.6 is 23.4 Å². The minimum atomic E-state index is -3.45. The van der Waals surface area contributed by atoms with E-state index in [9.17, 15) is 8.42 Å². The first kappa shape index (κ1) is 15.4. The van der Waals surface area contributed by atoms with Gasteiger partial charge >= 0.3 is 0 Å². The summed E-state index contributed by atoms with van der Waals surface area (Å²) in [5.74, 6) is 0.677. The van der Waals surface area contributed by atoms with Gasteiger partial charge in [-0.05, 0) is 36.4 Å². The lowest BCUT2D eigenvalue weighted by molar-refractivity contribution is 0.584. The molecule has 0 atom stereocenters. The highest BCUT2D eigenvalue weighted by Gasteiger charge is 2.12. The van der Waals surface area contributed by atoms with Crippen molar-refractivity contribution in [1.29, 1.82) is 0 Å². The second kappa shape index (κ2) is 7.13. The van der Waals surface area contributed by atoms with Gasteiger partial charge in [0.1, 0.15) is 0 Å². The van der Waals surface area contributed by atoms with Gasteiger partial charge in [-0.2, -0.15) is 0 Å². The van der Waals surface area contributed by atoms with Gasteiger partial charge in [0.05, 0.1) is 4.90 Å². The number of nitrogens with one attached hydrogen (secondary N) is 1. The van der Waals surface area contributed by atoms with Crippen molar-refractivity contribution < 1.29 is 8.42 Å². The summed E-state index contributed by atoms with van der Waals surface area (Å²) in [7, 11) is -3.45. The summed E-state index contributed by atoms with van der Waals surface area (Å²) in [6, 6.07) is 16.0. The molecule has 0 saturated heterocycles. The van der Waals surface area contributed by atoms with Crippen LogP contribution in [-0.4, -0.2) is 20.7 Å². The van der Waals surface area contributed by atoms with Gasteiger partial charge in [-0.15, -0.1) is 11.8 Å². The van der Waals surface area contributed by atoms with E-state index in [2.05, 4.69) is 4.72 Å². The molecule has 0 amide bonds. The van der Waals surface area contributed by atoms with E-state index < -0.39 is 10.0 Å². The molecule has 0 aliphatic carbocycles. The molecule has 6 heteroatoms. The molecule has 2 aromatic rings. The van der Waals surface area contributed by atoms with Crippen LogP contribution in [0.3, 0.4) is 0 Å². The lowest BCUT2D eigenvalue weighted by Gasteiger charge is -2.06. The second-order valence-electron chi connectivity index (χ2n) is 4.01. The van der Waals surface area contributed by atoms with Crippen LogP contribution in [0.15, 0.2) is 64.4 Å². The minimum absolute atomic E-state index is 0.228. The number of benzene rings is 2. The quantitative estimate of drug-likeness (QED) is 0.653. The number of rotatable bonds is 6. The summed E-state index contributed by atoms with van der Waals surface area (Å²) in [5, 5.41) is 0.517. The average Bonchev–Trinajstić information content (AvgIpc) is 2.45. The number of hydrogen-bond donors (Lipinski definition) is 1. The summed E-state index contributed by atoms with van der Waals surface area (Å²) >= 11 is 7.35. The molecule has 0 aliphatic rings. The van der Waals surface area contributed by atoms with E-state index in [1.165, 1.54) is 12.1 Å². The third-order valence-electron chi connectivity index (χ3n) is 2.53. The van der Waals surface area contributed by atoms with Crippen molar-refractivity contribution in [1.82, 2.24) is 4.72 Å². The van der Waals surface area contributed by atoms with Gasteiger partial charge in [0, 0.05) is 22.2 Å². The Hall–Kier alpha value is -1.01. The van der Waals surface area contributed by atoms with E-state index in [1.807, 2.05) is 30.3 Å². The molecular weight excluding hydrogens is 314 g/mol. The normalized spacial score (nSPS) is 11.4. The summed E-state index contributed by atoms with van der Waals surface area (Å²) < 4.78 is 26.6. The number of thioether (sulfide) groups is 1. The highest BCUT2D eigenvalue weighted by Crippen LogP contribution is 2.17. The Labute approximate surface area is 128 Å². The molecule has 106 valence electrons. The van der Waals surface area contributed by atoms with Crippen molar-refractivity contribution in [2.75, 3.05) is 12.3 Å². The molecule has 0 radical (unpaired) electrons. The lowest BCUT2D eigenvalue weighted by atomic mass is 10.4. The van der Waals surface area contributed by atoms with Crippen LogP contribution < -0.4 is 4.72 Å². The van der Waals surface area contributed by atoms with E-state index in [0.29, 0.717) is 17.3 Å². The average molecular weight is 328 g/mol. The molecular formula is C14H14ClNO2S2. The first-order valence-corrected chi connectivity index (χ1v) is 8.86. The maximum atomic E-state index is 12.0. The lowest BCUT2D eigenvalue weighted by Crippen LogP contribution is -2.25. The minimum Gasteiger partial charge on any atom is -0.210 e. The van der Waals surface area contributed by atoms with Crippen LogP contribution in [0, 0.1) is 0 Å². The fourth-order valence-electron chi connectivity index (χ4n) is 1.56. The van der Waals surface area contributed by atoms with E-state index in [4.69, 9.17) is 11.6 Å². The Kier molecular flexibility index (Phi) is 5.48. The Bertz CT molecular complexity index is 643. The van der Waals surface area contributed by atoms with Crippen LogP contribution in [0.1, 0.15) is 0 Å². The molecule has 0 saturated carbocycles. The van der Waals surface area contributed by atoms with Crippen molar-refractivity contribution in [3.05, 3.63) is 59.6 Å². The molecule has 0 unspecified atom stereocenters. The summed E-state index contributed by atoms with van der Waals surface area (Å²) in [4.78, 5) is 1.35. The maximum Gasteiger partial charge on any atom is 0.240 e. The molecule has 2 aromatic carbocycles. The third-order valence-corrected chi connectivity index (χ3v) is 5.27. The van der Waals surface area contributed by atoms with Crippen LogP contribution in [-0.2, 0) is 10.0 Å². The van der Waals surface area contributed by atoms with Gasteiger partial charge in [-0.25, -0.2) is 13.1 Å². The molecule has 0 aliphatic heterocycles. The molecule has 20 heavy (non-hydrogen) atoms. The SMILES string of the molecule is O=S(=O)(NCCSc1ccccc1)c1ccc(Cl)cc1. The van der Waals surface area contributed by atoms with Crippen LogP contribution in [0.2, 0.25) is 5.02 Å². The number of sulfonamides is 1. The van der Waals surface area contributed by atoms with Gasteiger partial charge in [-0.1, -0.05) is 29.8 Å². The van der Waals surface area contributed by atoms with E-state index in [1.54, 1.807) is 23.9 Å². The largest absolute Gasteiger partial charge is 0.240 e. The van der Waals surface area contributed by atoms with Gasteiger partial charge < -0.3 is 0 Å². The van der Waals surface area contributed by atoms with E-state index >= 15 is 0 Å². The fourth-order valence-corrected chi connectivity index (χ4v) is 3.64. The predicted molar refractivity (Wildman–Crippen MR) is 83.8 cm³/mol. The molecule has 0 aromatic heterocycles. The zero-order valence-corrected chi connectivity index (χ0v) is 13.0. The summed E-state index contributed by atoms with van der Waals surface area (Å²) in [6.45, 7) is 0.379. The first-order valence-electron chi connectivity index (χ1n) is 6.01. The van der Waals surface area contributed by atoms with Gasteiger partial charge in [-0.3, -0.25) is 0 Å². The van der Waals surface area contributed by atoms with Crippen molar-refractivity contribution in [3.63, 3.8) is 0 Å². The molecule has 3 nitrogen and oxygen atoms in total. The fraction of sp³-hybridized carbons (Fsp3) is 0.143. The Morgan fingerprint density at radius 3 is 2.30 bits per heavy atom. The molecule has 0 bridgehead atoms. The molecule has 0 fully saturated rings. The molecule has 1 N–H and O–H groups in total. The zero-order chi connectivity index (χ0) is 14.4. The molecule has 0 spiro atoms. The number of hydrogen-bond acceptors (Lipinski definition) is 3. The van der Waals surface area contributed by atoms with E-state index in [0.717, 1.165) is 4.90 Å². The Morgan fingerprint density at radius 2 is 1.65 bits per heavy atom. The molecule has 0 heterocycles. The van der Waals surface area contributed by atoms with E-state index in [-0.39, 0.29) is 4.90 Å². The van der Waals surface area contributed by atoms with Crippen molar-refractivity contribution >= 4 is 33.4 Å². The predicted octanol–water partition coefficient (Wildman–Crippen LogP) is 3.41. The number of halogens is 1. The summed E-state index contributed by atoms with van der Waals surface area (Å²) in [6.07, 6.45) is 0. The standard InChI is InChI=1S/C14H14ClNO2S2/c15-12-6-8-14(9-7-12)20(17,18)16-10-11-19-13-4-2-1-3-5-13/h1-9,16H,10-11H2. The topological polar surface area (TPSA) is 46.2 Å². The smallest absolute Gasteiger partial charge is 0.210 e. The highest BCUT2D eigenvalue weighted by molar-refractivity contribution is 7.99. The third kappa shape index (κ3) is 4.52. The van der Waals surface area contributed by atoms with Crippen LogP contribution in [0.5, 0.6) is 0 Å². The summed E-state index contributed by atoms with van der Waals surface area (Å²) in [5.41, 5.74) is 0. The van der Waals surface area contributed by atoms with Gasteiger partial charge in [0.25, 0.3) is 0 Å². The van der Waals surface area contributed by atoms with Crippen LogP contribution in [0.4, 0.5) is 0 Å². The Morgan fingerprint density at radius 1 is 1.00 bits per heavy atom. The highest BCUT2D eigenvalue weighted by atomic mass is 35.5. The Balaban J connectivity index is 1.85. The van der Waals surface area contributed by atoms with Gasteiger partial charge in [0.2, 0.25) is 10.0 Å². The van der Waals surface area contributed by atoms with Crippen LogP contribution in [0.25, 0.3) is 0 Å². The first-order chi connectivity index (χ1) is 9.58. The monoisotopic (exact) mass is 327 g/mol. The van der Waals surface area contributed by atoms with Crippen molar-refractivity contribution in [3.8, 4) is 0 Å². The maximum absolute atomic E-state index is 12.0. The van der Waals surface area contributed by atoms with Gasteiger partial charge in [0.15, 0.2) is 0 Å². The second-order valence-corrected chi connectivity index (χ2v) is 7.38. The van der Waals surface area contributed by atoms with Crippen molar-refractivity contribution in [2.24, 2.45) is 0 Å². The zero-order valence-electron chi connectivity index (χ0n) is 10.6.